The van der Waals surface area contributed by atoms with Gasteiger partial charge in [-0.25, -0.2) is 0 Å². The van der Waals surface area contributed by atoms with Gasteiger partial charge >= 0.3 is 0 Å². The number of aromatic hydroxyl groups is 1. The van der Waals surface area contributed by atoms with Gasteiger partial charge in [-0.3, -0.25) is 4.90 Å². The van der Waals surface area contributed by atoms with Crippen LogP contribution in [0.15, 0.2) is 18.2 Å². The monoisotopic (exact) mass is 240 g/mol. The summed E-state index contributed by atoms with van der Waals surface area (Å²) in [4.78, 5) is 2.42. The van der Waals surface area contributed by atoms with E-state index in [-0.39, 0.29) is 5.75 Å². The van der Waals surface area contributed by atoms with Gasteiger partial charge in [0.1, 0.15) is 5.75 Å². The first-order chi connectivity index (χ1) is 7.70. The molecule has 1 saturated heterocycles. The number of hydrogen-bond donors (Lipinski definition) is 2. The van der Waals surface area contributed by atoms with E-state index in [1.165, 1.54) is 0 Å². The average Bonchev–Trinajstić information content (AvgIpc) is 2.20. The number of halogens is 1. The average molecular weight is 241 g/mol. The van der Waals surface area contributed by atoms with Crippen LogP contribution in [0.5, 0.6) is 5.75 Å². The van der Waals surface area contributed by atoms with Gasteiger partial charge < -0.3 is 10.4 Å². The third-order valence-corrected chi connectivity index (χ3v) is 3.38. The molecule has 1 heterocycles. The van der Waals surface area contributed by atoms with Gasteiger partial charge in [0.05, 0.1) is 5.02 Å². The Hall–Kier alpha value is -0.770. The summed E-state index contributed by atoms with van der Waals surface area (Å²) in [6.07, 6.45) is 0. The lowest BCUT2D eigenvalue weighted by molar-refractivity contribution is 0.145. The van der Waals surface area contributed by atoms with Crippen molar-refractivity contribution in [3.63, 3.8) is 0 Å². The topological polar surface area (TPSA) is 35.5 Å². The maximum absolute atomic E-state index is 9.35. The third-order valence-electron chi connectivity index (χ3n) is 3.08. The van der Waals surface area contributed by atoms with Crippen LogP contribution in [0.25, 0.3) is 0 Å². The summed E-state index contributed by atoms with van der Waals surface area (Å²) in [5.74, 6) is 0.152. The molecule has 0 amide bonds. The molecule has 0 aliphatic carbocycles. The molecule has 1 fully saturated rings. The first-order valence-electron chi connectivity index (χ1n) is 5.63. The van der Waals surface area contributed by atoms with Crippen molar-refractivity contribution in [1.29, 1.82) is 0 Å². The maximum Gasteiger partial charge on any atom is 0.134 e. The Balaban J connectivity index is 2.03. The Morgan fingerprint density at radius 2 is 2.25 bits per heavy atom. The molecule has 1 aliphatic rings. The fourth-order valence-corrected chi connectivity index (χ4v) is 2.12. The van der Waals surface area contributed by atoms with Gasteiger partial charge in [0.15, 0.2) is 0 Å². The summed E-state index contributed by atoms with van der Waals surface area (Å²) in [5, 5.41) is 13.1. The molecule has 0 bridgehead atoms. The Kier molecular flexibility index (Phi) is 3.69. The number of nitrogens with zero attached hydrogens (tertiary/aromatic N) is 1. The van der Waals surface area contributed by atoms with Crippen LogP contribution in [-0.4, -0.2) is 35.7 Å². The van der Waals surface area contributed by atoms with Crippen molar-refractivity contribution >= 4 is 11.6 Å². The van der Waals surface area contributed by atoms with Crippen molar-refractivity contribution in [2.24, 2.45) is 0 Å². The van der Waals surface area contributed by atoms with Gasteiger partial charge in [-0.15, -0.1) is 0 Å². The van der Waals surface area contributed by atoms with E-state index in [9.17, 15) is 5.11 Å². The number of rotatable bonds is 4. The molecule has 0 atom stereocenters. The van der Waals surface area contributed by atoms with Crippen LogP contribution < -0.4 is 5.32 Å². The van der Waals surface area contributed by atoms with E-state index in [0.717, 1.165) is 31.7 Å². The maximum atomic E-state index is 9.35. The van der Waals surface area contributed by atoms with E-state index in [1.807, 2.05) is 12.1 Å². The molecule has 0 spiro atoms. The van der Waals surface area contributed by atoms with Crippen LogP contribution in [0.2, 0.25) is 5.02 Å². The van der Waals surface area contributed by atoms with Gasteiger partial charge in [0.2, 0.25) is 0 Å². The molecule has 3 nitrogen and oxygen atoms in total. The van der Waals surface area contributed by atoms with Crippen molar-refractivity contribution in [3.05, 3.63) is 28.8 Å². The molecule has 0 unspecified atom stereocenters. The molecule has 0 radical (unpaired) electrons. The lowest BCUT2D eigenvalue weighted by atomic mass is 10.1. The van der Waals surface area contributed by atoms with E-state index in [1.54, 1.807) is 6.07 Å². The Morgan fingerprint density at radius 3 is 2.75 bits per heavy atom. The number of hydrogen-bond acceptors (Lipinski definition) is 3. The van der Waals surface area contributed by atoms with Gasteiger partial charge in [0, 0.05) is 25.7 Å². The molecular weight excluding hydrogens is 224 g/mol. The molecule has 2 rings (SSSR count). The summed E-state index contributed by atoms with van der Waals surface area (Å²) >= 11 is 5.89. The van der Waals surface area contributed by atoms with Crippen molar-refractivity contribution in [2.75, 3.05) is 19.6 Å². The fourth-order valence-electron chi connectivity index (χ4n) is 1.91. The van der Waals surface area contributed by atoms with Gasteiger partial charge in [-0.2, -0.15) is 0 Å². The zero-order valence-corrected chi connectivity index (χ0v) is 10.2. The van der Waals surface area contributed by atoms with E-state index in [2.05, 4.69) is 17.1 Å². The van der Waals surface area contributed by atoms with Crippen LogP contribution in [0.1, 0.15) is 12.5 Å². The highest BCUT2D eigenvalue weighted by Crippen LogP contribution is 2.24. The molecular formula is C12H17ClN2O. The fraction of sp³-hybridized carbons (Fsp3) is 0.500. The van der Waals surface area contributed by atoms with E-state index >= 15 is 0 Å². The largest absolute Gasteiger partial charge is 0.506 e. The lowest BCUT2D eigenvalue weighted by Crippen LogP contribution is -2.56. The Bertz CT molecular complexity index is 366. The SMILES string of the molecule is CCN(Cc1ccc(O)c(Cl)c1)C1CNC1. The quantitative estimate of drug-likeness (QED) is 0.843. The predicted octanol–water partition coefficient (Wildman–Crippen LogP) is 1.84. The first-order valence-corrected chi connectivity index (χ1v) is 6.00. The van der Waals surface area contributed by atoms with E-state index in [0.29, 0.717) is 11.1 Å². The molecule has 0 saturated carbocycles. The highest BCUT2D eigenvalue weighted by atomic mass is 35.5. The van der Waals surface area contributed by atoms with Gasteiger partial charge in [-0.05, 0) is 24.2 Å². The minimum absolute atomic E-state index is 0.152. The standard InChI is InChI=1S/C12H17ClN2O/c1-2-15(10-6-14-7-10)8-9-3-4-12(16)11(13)5-9/h3-5,10,14,16H,2,6-8H2,1H3. The summed E-state index contributed by atoms with van der Waals surface area (Å²) in [5.41, 5.74) is 1.15. The van der Waals surface area contributed by atoms with Crippen LogP contribution in [-0.2, 0) is 6.54 Å². The third kappa shape index (κ3) is 2.48. The van der Waals surface area contributed by atoms with E-state index < -0.39 is 0 Å². The minimum atomic E-state index is 0.152. The summed E-state index contributed by atoms with van der Waals surface area (Å²) < 4.78 is 0. The zero-order chi connectivity index (χ0) is 11.5. The number of phenols is 1. The molecule has 0 aromatic heterocycles. The van der Waals surface area contributed by atoms with Crippen LogP contribution >= 0.6 is 11.6 Å². The van der Waals surface area contributed by atoms with Crippen molar-refractivity contribution in [1.82, 2.24) is 10.2 Å². The molecule has 4 heteroatoms. The number of nitrogens with one attached hydrogen (secondary N) is 1. The van der Waals surface area contributed by atoms with Crippen molar-refractivity contribution in [2.45, 2.75) is 19.5 Å². The Morgan fingerprint density at radius 1 is 1.50 bits per heavy atom. The molecule has 1 aromatic carbocycles. The highest BCUT2D eigenvalue weighted by Gasteiger charge is 2.23. The Labute approximate surface area is 101 Å². The predicted molar refractivity (Wildman–Crippen MR) is 65.9 cm³/mol. The van der Waals surface area contributed by atoms with E-state index in [4.69, 9.17) is 11.6 Å². The van der Waals surface area contributed by atoms with Crippen LogP contribution in [0.4, 0.5) is 0 Å². The van der Waals surface area contributed by atoms with Crippen molar-refractivity contribution < 1.29 is 5.11 Å². The second kappa shape index (κ2) is 5.04. The first kappa shape index (κ1) is 11.7. The summed E-state index contributed by atoms with van der Waals surface area (Å²) in [6.45, 7) is 6.23. The molecule has 88 valence electrons. The van der Waals surface area contributed by atoms with Crippen molar-refractivity contribution in [3.8, 4) is 5.75 Å². The molecule has 2 N–H and O–H groups in total. The van der Waals surface area contributed by atoms with Crippen LogP contribution in [0.3, 0.4) is 0 Å². The second-order valence-corrected chi connectivity index (χ2v) is 4.57. The molecule has 1 aliphatic heterocycles. The van der Waals surface area contributed by atoms with Gasteiger partial charge in [0.25, 0.3) is 0 Å². The molecule has 16 heavy (non-hydrogen) atoms. The number of likely N-dealkylation sites (N-methyl/N-ethyl adjacent to an activating group) is 1. The summed E-state index contributed by atoms with van der Waals surface area (Å²) in [6, 6.07) is 6.06. The zero-order valence-electron chi connectivity index (χ0n) is 9.41. The van der Waals surface area contributed by atoms with Crippen LogP contribution in [0, 0.1) is 0 Å². The smallest absolute Gasteiger partial charge is 0.134 e. The lowest BCUT2D eigenvalue weighted by Gasteiger charge is -2.37. The normalized spacial score (nSPS) is 16.4. The minimum Gasteiger partial charge on any atom is -0.506 e. The summed E-state index contributed by atoms with van der Waals surface area (Å²) in [7, 11) is 0. The number of phenolic OH excluding ortho intramolecular Hbond substituents is 1. The number of benzene rings is 1. The van der Waals surface area contributed by atoms with Gasteiger partial charge in [-0.1, -0.05) is 24.6 Å². The second-order valence-electron chi connectivity index (χ2n) is 4.16. The molecule has 1 aromatic rings. The highest BCUT2D eigenvalue weighted by molar-refractivity contribution is 6.32.